The highest BCUT2D eigenvalue weighted by Gasteiger charge is 2.10. The quantitative estimate of drug-likeness (QED) is 0.0313. The summed E-state index contributed by atoms with van der Waals surface area (Å²) in [4.78, 5) is 63.6. The molecule has 0 saturated carbocycles. The number of aldehydes is 1. The summed E-state index contributed by atoms with van der Waals surface area (Å²) >= 11 is 32.2. The van der Waals surface area contributed by atoms with E-state index < -0.39 is 0 Å². The van der Waals surface area contributed by atoms with E-state index in [1.165, 1.54) is 37.9 Å². The molecule has 0 atom stereocenters. The summed E-state index contributed by atoms with van der Waals surface area (Å²) in [6.45, 7) is 0. The van der Waals surface area contributed by atoms with Crippen LogP contribution in [0.25, 0.3) is 55.2 Å². The lowest BCUT2D eigenvalue weighted by atomic mass is 10.3. The largest absolute Gasteiger partial charge is 0.411 e. The third-order valence-electron chi connectivity index (χ3n) is 7.46. The Morgan fingerprint density at radius 3 is 1.57 bits per heavy atom. The molecular formula is C33H19BrCl5N17O2. The van der Waals surface area contributed by atoms with Gasteiger partial charge in [0.15, 0.2) is 6.29 Å². The number of hydrogen-bond donors (Lipinski definition) is 6. The molecule has 0 amide bonds. The molecule has 10 rings (SSSR count). The first-order valence-corrected chi connectivity index (χ1v) is 18.3. The minimum Gasteiger partial charge on any atom is -0.411 e. The summed E-state index contributed by atoms with van der Waals surface area (Å²) < 4.78 is 0.887. The second kappa shape index (κ2) is 19.2. The van der Waals surface area contributed by atoms with Gasteiger partial charge in [-0.3, -0.25) is 4.79 Å². The van der Waals surface area contributed by atoms with Crippen LogP contribution in [-0.4, -0.2) is 92.5 Å². The van der Waals surface area contributed by atoms with Crippen molar-refractivity contribution < 1.29 is 10.0 Å². The van der Waals surface area contributed by atoms with Crippen LogP contribution in [-0.2, 0) is 0 Å². The van der Waals surface area contributed by atoms with Crippen molar-refractivity contribution in [3.63, 3.8) is 0 Å². The van der Waals surface area contributed by atoms with Crippen molar-refractivity contribution in [2.75, 3.05) is 0 Å². The number of carbonyl (C=O) groups is 1. The van der Waals surface area contributed by atoms with E-state index in [9.17, 15) is 4.79 Å². The fourth-order valence-corrected chi connectivity index (χ4v) is 6.65. The van der Waals surface area contributed by atoms with Gasteiger partial charge in [0, 0.05) is 46.6 Å². The molecule has 25 heteroatoms. The zero-order valence-corrected chi connectivity index (χ0v) is 33.9. The minimum atomic E-state index is 0.295. The van der Waals surface area contributed by atoms with Crippen LogP contribution in [0.3, 0.4) is 0 Å². The monoisotopic (exact) mass is 939 g/mol. The van der Waals surface area contributed by atoms with Crippen molar-refractivity contribution in [1.82, 2.24) is 74.8 Å². The fraction of sp³-hybridized carbons (Fsp3) is 0. The molecule has 58 heavy (non-hydrogen) atoms. The van der Waals surface area contributed by atoms with E-state index in [2.05, 4.69) is 95.8 Å². The SMILES string of the molecule is Clc1ncnc2[nH]cc(Br)c12.Clc1ncnc2[nH]ccc12.N#Cc1c[nH]c2ncnc(Cl)c12.O/N=C\c1c[nH]c2ncnc(Cl)c12.O=Cc1c[nH]c2ncnc(Cl)c12. The first-order valence-electron chi connectivity index (χ1n) is 15.7. The second-order valence-electron chi connectivity index (χ2n) is 10.8. The lowest BCUT2D eigenvalue weighted by Crippen LogP contribution is -1.83. The van der Waals surface area contributed by atoms with Crippen LogP contribution in [0.15, 0.2) is 78.3 Å². The van der Waals surface area contributed by atoms with Gasteiger partial charge in [-0.25, -0.2) is 49.8 Å². The van der Waals surface area contributed by atoms with Crippen molar-refractivity contribution in [3.8, 4) is 6.07 Å². The summed E-state index contributed by atoms with van der Waals surface area (Å²) in [5.41, 5.74) is 4.92. The maximum Gasteiger partial charge on any atom is 0.152 e. The van der Waals surface area contributed by atoms with Crippen molar-refractivity contribution in [2.24, 2.45) is 5.16 Å². The van der Waals surface area contributed by atoms with E-state index in [1.54, 1.807) is 31.0 Å². The smallest absolute Gasteiger partial charge is 0.152 e. The number of nitriles is 1. The normalized spacial score (nSPS) is 10.6. The molecule has 0 aliphatic carbocycles. The molecule has 0 aliphatic heterocycles. The van der Waals surface area contributed by atoms with E-state index >= 15 is 0 Å². The van der Waals surface area contributed by atoms with Crippen molar-refractivity contribution >= 4 is 142 Å². The topological polar surface area (TPSA) is 281 Å². The number of nitrogens with zero attached hydrogens (tertiary/aromatic N) is 12. The zero-order valence-electron chi connectivity index (χ0n) is 28.5. The highest BCUT2D eigenvalue weighted by Crippen LogP contribution is 2.27. The first kappa shape index (κ1) is 41.3. The number of halogens is 6. The Hall–Kier alpha value is -6.34. The van der Waals surface area contributed by atoms with Gasteiger partial charge in [0.25, 0.3) is 0 Å². The molecule has 10 aromatic rings. The molecule has 19 nitrogen and oxygen atoms in total. The molecule has 290 valence electrons. The highest BCUT2D eigenvalue weighted by atomic mass is 79.9. The van der Waals surface area contributed by atoms with Gasteiger partial charge in [-0.1, -0.05) is 63.2 Å². The average Bonchev–Trinajstić information content (AvgIpc) is 4.08. The summed E-state index contributed by atoms with van der Waals surface area (Å²) in [7, 11) is 0. The molecule has 0 spiro atoms. The van der Waals surface area contributed by atoms with Gasteiger partial charge >= 0.3 is 0 Å². The number of fused-ring (bicyclic) bond motifs is 5. The van der Waals surface area contributed by atoms with Gasteiger partial charge in [-0.15, -0.1) is 0 Å². The summed E-state index contributed by atoms with van der Waals surface area (Å²) in [6.07, 6.45) is 17.2. The summed E-state index contributed by atoms with van der Waals surface area (Å²) in [5.74, 6) is 0. The molecule has 0 aromatic carbocycles. The molecule has 0 radical (unpaired) electrons. The second-order valence-corrected chi connectivity index (χ2v) is 13.4. The van der Waals surface area contributed by atoms with Gasteiger partial charge in [-0.2, -0.15) is 5.26 Å². The number of nitrogens with one attached hydrogen (secondary N) is 5. The number of hydrogen-bond acceptors (Lipinski definition) is 14. The molecule has 0 unspecified atom stereocenters. The number of rotatable bonds is 2. The fourth-order valence-electron chi connectivity index (χ4n) is 4.90. The molecule has 0 bridgehead atoms. The molecule has 0 aliphatic rings. The van der Waals surface area contributed by atoms with Crippen LogP contribution in [0.5, 0.6) is 0 Å². The van der Waals surface area contributed by atoms with Crippen LogP contribution in [0.4, 0.5) is 0 Å². The lowest BCUT2D eigenvalue weighted by molar-refractivity contribution is 0.112. The Labute approximate surface area is 356 Å². The molecule has 10 heterocycles. The summed E-state index contributed by atoms with van der Waals surface area (Å²) in [6, 6.07) is 3.84. The van der Waals surface area contributed by atoms with Gasteiger partial charge in [0.05, 0.1) is 38.7 Å². The Morgan fingerprint density at radius 2 is 1.03 bits per heavy atom. The number of oxime groups is 1. The summed E-state index contributed by atoms with van der Waals surface area (Å²) in [5, 5.41) is 25.3. The highest BCUT2D eigenvalue weighted by molar-refractivity contribution is 9.10. The number of carbonyl (C=O) groups excluding carboxylic acids is 1. The van der Waals surface area contributed by atoms with E-state index in [0.29, 0.717) is 81.8 Å². The van der Waals surface area contributed by atoms with Crippen molar-refractivity contribution in [1.29, 1.82) is 5.26 Å². The van der Waals surface area contributed by atoms with Crippen LogP contribution in [0, 0.1) is 11.3 Å². The van der Waals surface area contributed by atoms with E-state index in [-0.39, 0.29) is 0 Å². The Morgan fingerprint density at radius 1 is 0.586 bits per heavy atom. The number of aromatic nitrogens is 15. The molecule has 10 aromatic heterocycles. The third kappa shape index (κ3) is 9.26. The van der Waals surface area contributed by atoms with E-state index in [0.717, 1.165) is 26.5 Å². The van der Waals surface area contributed by atoms with Gasteiger partial charge in [0.2, 0.25) is 0 Å². The molecule has 0 fully saturated rings. The first-order chi connectivity index (χ1) is 28.1. The molecule has 6 N–H and O–H groups in total. The molecular weight excluding hydrogens is 924 g/mol. The van der Waals surface area contributed by atoms with Crippen LogP contribution in [0.1, 0.15) is 21.5 Å². The molecule has 0 saturated heterocycles. The van der Waals surface area contributed by atoms with E-state index in [1.807, 2.05) is 12.1 Å². The number of H-pyrrole nitrogens is 5. The van der Waals surface area contributed by atoms with Crippen LogP contribution in [0.2, 0.25) is 25.8 Å². The van der Waals surface area contributed by atoms with E-state index in [4.69, 9.17) is 68.5 Å². The Balaban J connectivity index is 0.000000122. The maximum atomic E-state index is 10.5. The van der Waals surface area contributed by atoms with Gasteiger partial charge in [-0.05, 0) is 22.0 Å². The van der Waals surface area contributed by atoms with Crippen LogP contribution >= 0.6 is 73.9 Å². The van der Waals surface area contributed by atoms with Gasteiger partial charge < -0.3 is 30.1 Å². The predicted octanol–water partition coefficient (Wildman–Crippen LogP) is 8.31. The predicted molar refractivity (Wildman–Crippen MR) is 222 cm³/mol. The lowest BCUT2D eigenvalue weighted by Gasteiger charge is -1.91. The Bertz CT molecular complexity index is 3080. The van der Waals surface area contributed by atoms with Crippen LogP contribution < -0.4 is 0 Å². The Kier molecular flexibility index (Phi) is 13.7. The minimum absolute atomic E-state index is 0.295. The average molecular weight is 943 g/mol. The standard InChI is InChI=1S/C7H5ClN4O.C7H3ClN4.C7H4ClN3O.C6H3BrClN3.C6H4ClN3/c8-6-5-4(2-12-13)1-9-7(5)11-3-10-6;8-6-5-4(1-9)2-10-7(5)12-3-11-6;8-6-5-4(2-12)1-9-7(5)11-3-10-6;7-3-1-9-6-4(3)5(8)10-2-11-6;7-5-4-1-2-8-6(4)10-3-9-5/h1-3,13H,(H,9,10,11);2-3H,(H,10,11,12);1-3H,(H,9,10,11);1-2H,(H,9,10,11);1-3H,(H,8,9,10)/b12-2-;;;;. The zero-order chi connectivity index (χ0) is 41.2. The van der Waals surface area contributed by atoms with Gasteiger partial charge in [0.1, 0.15) is 91.7 Å². The maximum absolute atomic E-state index is 10.5. The van der Waals surface area contributed by atoms with Crippen molar-refractivity contribution in [2.45, 2.75) is 0 Å². The number of aromatic amines is 5. The third-order valence-corrected chi connectivity index (χ3v) is 9.53. The van der Waals surface area contributed by atoms with Crippen molar-refractivity contribution in [3.05, 3.63) is 116 Å².